The number of rotatable bonds is 2. The smallest absolute Gasteiger partial charge is 0.336 e. The molecule has 3 aromatic rings. The Hall–Kier alpha value is -2.43. The Bertz CT molecular complexity index is 891. The molecule has 1 aliphatic carbocycles. The van der Waals surface area contributed by atoms with Crippen LogP contribution in [-0.4, -0.2) is 22.1 Å². The molecule has 1 saturated carbocycles. The van der Waals surface area contributed by atoms with E-state index in [-0.39, 0.29) is 5.56 Å². The van der Waals surface area contributed by atoms with Gasteiger partial charge in [-0.05, 0) is 37.1 Å². The highest BCUT2D eigenvalue weighted by Gasteiger charge is 2.13. The summed E-state index contributed by atoms with van der Waals surface area (Å²) in [6.45, 7) is 0. The Balaban J connectivity index is 0.000000370. The topological polar surface area (TPSA) is 76.2 Å². The summed E-state index contributed by atoms with van der Waals surface area (Å²) in [5.41, 5.74) is 7.52. The molecule has 0 aliphatic heterocycles. The largest absolute Gasteiger partial charge is 0.478 e. The Kier molecular flexibility index (Phi) is 4.79. The molecule has 1 aliphatic rings. The number of carbonyl (C=O) groups is 1. The quantitative estimate of drug-likeness (QED) is 0.726. The molecule has 24 heavy (non-hydrogen) atoms. The van der Waals surface area contributed by atoms with Gasteiger partial charge in [-0.25, -0.2) is 9.78 Å². The van der Waals surface area contributed by atoms with E-state index in [9.17, 15) is 9.90 Å². The first-order chi connectivity index (χ1) is 11.5. The highest BCUT2D eigenvalue weighted by Crippen LogP contribution is 2.26. The molecule has 4 rings (SSSR count). The van der Waals surface area contributed by atoms with Gasteiger partial charge in [0.1, 0.15) is 0 Å². The molecule has 0 radical (unpaired) electrons. The van der Waals surface area contributed by atoms with Gasteiger partial charge in [-0.2, -0.15) is 0 Å². The summed E-state index contributed by atoms with van der Waals surface area (Å²) in [5, 5.41) is 10.6. The van der Waals surface area contributed by atoms with Gasteiger partial charge in [-0.3, -0.25) is 0 Å². The second-order valence-electron chi connectivity index (χ2n) is 5.73. The maximum Gasteiger partial charge on any atom is 0.336 e. The molecular weight excluding hydrogens is 324 g/mol. The first kappa shape index (κ1) is 16.4. The zero-order valence-corrected chi connectivity index (χ0v) is 13.7. The zero-order valence-electron chi connectivity index (χ0n) is 12.9. The summed E-state index contributed by atoms with van der Waals surface area (Å²) < 4.78 is 0. The summed E-state index contributed by atoms with van der Waals surface area (Å²) in [5.74, 6) is -0.966. The predicted molar refractivity (Wildman–Crippen MR) is 96.4 cm³/mol. The maximum atomic E-state index is 11.4. The molecule has 0 atom stereocenters. The normalized spacial score (nSPS) is 13.2. The molecule has 4 nitrogen and oxygen atoms in total. The molecule has 5 heteroatoms. The van der Waals surface area contributed by atoms with E-state index in [4.69, 9.17) is 17.3 Å². The number of halogens is 1. The van der Waals surface area contributed by atoms with E-state index in [1.807, 2.05) is 18.2 Å². The van der Waals surface area contributed by atoms with Crippen LogP contribution in [0.2, 0.25) is 5.02 Å². The van der Waals surface area contributed by atoms with Gasteiger partial charge < -0.3 is 10.8 Å². The van der Waals surface area contributed by atoms with Crippen molar-refractivity contribution in [3.8, 4) is 11.3 Å². The molecule has 1 aromatic heterocycles. The van der Waals surface area contributed by atoms with E-state index in [0.717, 1.165) is 5.56 Å². The van der Waals surface area contributed by atoms with Crippen molar-refractivity contribution in [1.82, 2.24) is 4.98 Å². The molecular formula is C19H17ClN2O2. The molecule has 0 bridgehead atoms. The van der Waals surface area contributed by atoms with Crippen molar-refractivity contribution in [3.05, 3.63) is 65.2 Å². The molecule has 3 N–H and O–H groups in total. The molecule has 1 fully saturated rings. The van der Waals surface area contributed by atoms with Gasteiger partial charge >= 0.3 is 5.97 Å². The van der Waals surface area contributed by atoms with Crippen LogP contribution < -0.4 is 5.73 Å². The number of benzene rings is 2. The monoisotopic (exact) mass is 340 g/mol. The number of nitrogens with zero attached hydrogens (tertiary/aromatic N) is 1. The first-order valence-electron chi connectivity index (χ1n) is 7.69. The Labute approximate surface area is 144 Å². The fourth-order valence-electron chi connectivity index (χ4n) is 2.24. The average Bonchev–Trinajstić information content (AvgIpc) is 3.36. The number of hydrogen-bond acceptors (Lipinski definition) is 3. The Morgan fingerprint density at radius 3 is 2.46 bits per heavy atom. The number of aromatic carboxylic acids is 1. The van der Waals surface area contributed by atoms with Crippen molar-refractivity contribution in [2.45, 2.75) is 18.9 Å². The van der Waals surface area contributed by atoms with Gasteiger partial charge in [0.15, 0.2) is 0 Å². The number of carboxylic acids is 1. The van der Waals surface area contributed by atoms with Crippen LogP contribution in [0.3, 0.4) is 0 Å². The molecule has 0 unspecified atom stereocenters. The van der Waals surface area contributed by atoms with Gasteiger partial charge in [-0.15, -0.1) is 0 Å². The molecule has 0 saturated heterocycles. The van der Waals surface area contributed by atoms with Crippen LogP contribution in [0.5, 0.6) is 0 Å². The van der Waals surface area contributed by atoms with Crippen LogP contribution in [0, 0.1) is 0 Å². The summed E-state index contributed by atoms with van der Waals surface area (Å²) in [6.07, 6.45) is 2.53. The van der Waals surface area contributed by atoms with Crippen molar-refractivity contribution >= 4 is 28.5 Å². The van der Waals surface area contributed by atoms with Gasteiger partial charge in [-0.1, -0.05) is 41.9 Å². The van der Waals surface area contributed by atoms with Gasteiger partial charge in [0.25, 0.3) is 0 Å². The first-order valence-corrected chi connectivity index (χ1v) is 8.07. The van der Waals surface area contributed by atoms with Crippen LogP contribution in [0.4, 0.5) is 0 Å². The zero-order chi connectivity index (χ0) is 17.1. The Morgan fingerprint density at radius 1 is 1.12 bits per heavy atom. The molecule has 1 heterocycles. The van der Waals surface area contributed by atoms with Crippen LogP contribution in [-0.2, 0) is 0 Å². The molecule has 0 spiro atoms. The van der Waals surface area contributed by atoms with Crippen LogP contribution in [0.25, 0.3) is 22.2 Å². The third kappa shape index (κ3) is 3.91. The fraction of sp³-hybridized carbons (Fsp3) is 0.158. The number of para-hydroxylation sites is 1. The van der Waals surface area contributed by atoms with E-state index in [1.165, 1.54) is 12.8 Å². The van der Waals surface area contributed by atoms with Crippen molar-refractivity contribution in [2.24, 2.45) is 5.73 Å². The van der Waals surface area contributed by atoms with E-state index in [1.54, 1.807) is 36.4 Å². The van der Waals surface area contributed by atoms with Crippen molar-refractivity contribution in [2.75, 3.05) is 0 Å². The van der Waals surface area contributed by atoms with Gasteiger partial charge in [0.2, 0.25) is 0 Å². The van der Waals surface area contributed by atoms with E-state index in [2.05, 4.69) is 4.98 Å². The summed E-state index contributed by atoms with van der Waals surface area (Å²) in [6, 6.07) is 16.6. The van der Waals surface area contributed by atoms with Crippen molar-refractivity contribution in [3.63, 3.8) is 0 Å². The summed E-state index contributed by atoms with van der Waals surface area (Å²) in [4.78, 5) is 15.9. The highest BCUT2D eigenvalue weighted by molar-refractivity contribution is 6.30. The van der Waals surface area contributed by atoms with Gasteiger partial charge in [0.05, 0.1) is 16.8 Å². The van der Waals surface area contributed by atoms with E-state index < -0.39 is 5.97 Å². The van der Waals surface area contributed by atoms with E-state index in [0.29, 0.717) is 27.7 Å². The van der Waals surface area contributed by atoms with E-state index >= 15 is 0 Å². The average molecular weight is 341 g/mol. The number of nitrogens with two attached hydrogens (primary N) is 1. The second kappa shape index (κ2) is 6.99. The fourth-order valence-corrected chi connectivity index (χ4v) is 2.43. The summed E-state index contributed by atoms with van der Waals surface area (Å²) >= 11 is 5.97. The minimum absolute atomic E-state index is 0.241. The lowest BCUT2D eigenvalue weighted by Crippen LogP contribution is -2.00. The second-order valence-corrected chi connectivity index (χ2v) is 6.16. The number of carboxylic acid groups (broad SMARTS) is 1. The van der Waals surface area contributed by atoms with Crippen molar-refractivity contribution in [1.29, 1.82) is 0 Å². The number of aromatic nitrogens is 1. The molecule has 122 valence electrons. The van der Waals surface area contributed by atoms with Crippen LogP contribution >= 0.6 is 11.6 Å². The SMILES string of the molecule is NC1CC1.O=C(O)c1cc(-c2cccc(Cl)c2)nc2ccccc12. The predicted octanol–water partition coefficient (Wildman–Crippen LogP) is 4.36. The molecule has 2 aromatic carbocycles. The Morgan fingerprint density at radius 2 is 1.83 bits per heavy atom. The summed E-state index contributed by atoms with van der Waals surface area (Å²) in [7, 11) is 0. The lowest BCUT2D eigenvalue weighted by molar-refractivity contribution is 0.0699. The van der Waals surface area contributed by atoms with Crippen LogP contribution in [0.1, 0.15) is 23.2 Å². The number of pyridine rings is 1. The number of hydrogen-bond donors (Lipinski definition) is 2. The maximum absolute atomic E-state index is 11.4. The minimum Gasteiger partial charge on any atom is -0.478 e. The van der Waals surface area contributed by atoms with Crippen molar-refractivity contribution < 1.29 is 9.90 Å². The third-order valence-electron chi connectivity index (χ3n) is 3.69. The highest BCUT2D eigenvalue weighted by atomic mass is 35.5. The van der Waals surface area contributed by atoms with Crippen LogP contribution in [0.15, 0.2) is 54.6 Å². The minimum atomic E-state index is -0.966. The lowest BCUT2D eigenvalue weighted by atomic mass is 10.0. The number of fused-ring (bicyclic) bond motifs is 1. The van der Waals surface area contributed by atoms with Gasteiger partial charge in [0, 0.05) is 22.0 Å². The lowest BCUT2D eigenvalue weighted by Gasteiger charge is -2.07. The molecule has 0 amide bonds. The third-order valence-corrected chi connectivity index (χ3v) is 3.92. The standard InChI is InChI=1S/C16H10ClNO2.C3H7N/c17-11-5-3-4-10(8-11)15-9-13(16(19)20)12-6-1-2-7-14(12)18-15;4-3-1-2-3/h1-9H,(H,19,20);3H,1-2,4H2.